The van der Waals surface area contributed by atoms with E-state index in [9.17, 15) is 8.42 Å². The zero-order chi connectivity index (χ0) is 9.03. The average molecular weight is 192 g/mol. The summed E-state index contributed by atoms with van der Waals surface area (Å²) in [6.07, 6.45) is 3.47. The van der Waals surface area contributed by atoms with Gasteiger partial charge in [0.05, 0.1) is 6.26 Å². The minimum atomic E-state index is -3.00. The van der Waals surface area contributed by atoms with Crippen LogP contribution in [0.1, 0.15) is 12.8 Å². The summed E-state index contributed by atoms with van der Waals surface area (Å²) in [6.45, 7) is 2.57. The molecule has 0 radical (unpaired) electrons. The summed E-state index contributed by atoms with van der Waals surface area (Å²) in [4.78, 5) is 0. The van der Waals surface area contributed by atoms with Crippen molar-refractivity contribution in [1.29, 1.82) is 0 Å². The molecule has 1 aliphatic heterocycles. The van der Waals surface area contributed by atoms with E-state index in [1.807, 2.05) is 0 Å². The topological polar surface area (TPSA) is 58.2 Å². The molecule has 0 aromatic heterocycles. The highest BCUT2D eigenvalue weighted by Gasteiger charge is 2.13. The summed E-state index contributed by atoms with van der Waals surface area (Å²) in [5, 5.41) is 3.24. The van der Waals surface area contributed by atoms with Crippen molar-refractivity contribution < 1.29 is 8.42 Å². The summed E-state index contributed by atoms with van der Waals surface area (Å²) in [5.74, 6) is 0.466. The van der Waals surface area contributed by atoms with Crippen molar-refractivity contribution in [2.24, 2.45) is 5.92 Å². The van der Waals surface area contributed by atoms with Crippen LogP contribution in [0.2, 0.25) is 0 Å². The number of sulfonamides is 1. The minimum Gasteiger partial charge on any atom is -0.316 e. The first-order chi connectivity index (χ1) is 5.58. The van der Waals surface area contributed by atoms with Gasteiger partial charge in [0.2, 0.25) is 10.0 Å². The second-order valence-corrected chi connectivity index (χ2v) is 5.17. The maximum Gasteiger partial charge on any atom is 0.208 e. The summed E-state index contributed by atoms with van der Waals surface area (Å²) in [7, 11) is -3.00. The molecule has 5 heteroatoms. The third-order valence-corrected chi connectivity index (χ3v) is 2.72. The number of hydrogen-bond acceptors (Lipinski definition) is 3. The van der Waals surface area contributed by atoms with Gasteiger partial charge in [-0.05, 0) is 31.8 Å². The second-order valence-electron chi connectivity index (χ2n) is 3.33. The molecule has 0 bridgehead atoms. The van der Waals surface area contributed by atoms with Crippen LogP contribution in [0.3, 0.4) is 0 Å². The molecule has 72 valence electrons. The summed E-state index contributed by atoms with van der Waals surface area (Å²) in [6, 6.07) is 0. The maximum absolute atomic E-state index is 10.7. The fraction of sp³-hybridized carbons (Fsp3) is 1.00. The third-order valence-electron chi connectivity index (χ3n) is 2.03. The zero-order valence-corrected chi connectivity index (χ0v) is 8.15. The Labute approximate surface area is 73.8 Å². The van der Waals surface area contributed by atoms with Crippen LogP contribution < -0.4 is 10.0 Å². The van der Waals surface area contributed by atoms with E-state index in [0.29, 0.717) is 12.5 Å². The lowest BCUT2D eigenvalue weighted by Gasteiger charge is -2.22. The normalized spacial score (nSPS) is 25.6. The Morgan fingerprint density at radius 3 is 2.83 bits per heavy atom. The Bertz CT molecular complexity index is 220. The van der Waals surface area contributed by atoms with E-state index in [2.05, 4.69) is 10.0 Å². The molecule has 0 amide bonds. The Morgan fingerprint density at radius 1 is 1.58 bits per heavy atom. The van der Waals surface area contributed by atoms with Gasteiger partial charge in [-0.2, -0.15) is 0 Å². The predicted molar refractivity (Wildman–Crippen MR) is 48.4 cm³/mol. The fourth-order valence-electron chi connectivity index (χ4n) is 1.37. The molecule has 0 spiro atoms. The van der Waals surface area contributed by atoms with Gasteiger partial charge < -0.3 is 5.32 Å². The molecule has 0 unspecified atom stereocenters. The number of piperidine rings is 1. The van der Waals surface area contributed by atoms with Crippen molar-refractivity contribution in [3.05, 3.63) is 0 Å². The lowest BCUT2D eigenvalue weighted by Crippen LogP contribution is -2.37. The predicted octanol–water partition coefficient (Wildman–Crippen LogP) is -0.465. The monoisotopic (exact) mass is 192 g/mol. The molecule has 1 fully saturated rings. The zero-order valence-electron chi connectivity index (χ0n) is 7.34. The van der Waals surface area contributed by atoms with E-state index in [1.54, 1.807) is 0 Å². The molecule has 0 aromatic rings. The lowest BCUT2D eigenvalue weighted by molar-refractivity contribution is 0.376. The molecular weight excluding hydrogens is 176 g/mol. The van der Waals surface area contributed by atoms with Crippen LogP contribution in [0.5, 0.6) is 0 Å². The second kappa shape index (κ2) is 4.20. The van der Waals surface area contributed by atoms with E-state index < -0.39 is 10.0 Å². The largest absolute Gasteiger partial charge is 0.316 e. The van der Waals surface area contributed by atoms with Crippen LogP contribution in [-0.2, 0) is 10.0 Å². The standard InChI is InChI=1S/C7H16N2O2S/c1-12(10,11)9-6-7-3-2-4-8-5-7/h7-9H,2-6H2,1H3/t7-/m0/s1. The highest BCUT2D eigenvalue weighted by molar-refractivity contribution is 7.88. The molecule has 1 atom stereocenters. The lowest BCUT2D eigenvalue weighted by atomic mass is 10.0. The summed E-state index contributed by atoms with van der Waals surface area (Å²) < 4.78 is 24.0. The highest BCUT2D eigenvalue weighted by atomic mass is 32.2. The molecule has 0 aromatic carbocycles. The number of rotatable bonds is 3. The molecule has 1 heterocycles. The summed E-state index contributed by atoms with van der Waals surface area (Å²) in [5.41, 5.74) is 0. The van der Waals surface area contributed by atoms with E-state index >= 15 is 0 Å². The maximum atomic E-state index is 10.7. The Morgan fingerprint density at radius 2 is 2.33 bits per heavy atom. The van der Waals surface area contributed by atoms with E-state index in [0.717, 1.165) is 25.9 Å². The smallest absolute Gasteiger partial charge is 0.208 e. The van der Waals surface area contributed by atoms with Gasteiger partial charge in [-0.15, -0.1) is 0 Å². The Kier molecular flexibility index (Phi) is 3.49. The fourth-order valence-corrected chi connectivity index (χ4v) is 1.91. The van der Waals surface area contributed by atoms with Gasteiger partial charge in [0.1, 0.15) is 0 Å². The van der Waals surface area contributed by atoms with Crippen LogP contribution in [0, 0.1) is 5.92 Å². The van der Waals surface area contributed by atoms with Crippen LogP contribution in [0.4, 0.5) is 0 Å². The quantitative estimate of drug-likeness (QED) is 0.636. The first kappa shape index (κ1) is 9.95. The first-order valence-electron chi connectivity index (χ1n) is 4.23. The van der Waals surface area contributed by atoms with Crippen LogP contribution in [-0.4, -0.2) is 34.3 Å². The van der Waals surface area contributed by atoms with Crippen LogP contribution in [0.15, 0.2) is 0 Å². The van der Waals surface area contributed by atoms with Gasteiger partial charge in [0, 0.05) is 6.54 Å². The molecule has 1 saturated heterocycles. The van der Waals surface area contributed by atoms with Crippen molar-refractivity contribution in [1.82, 2.24) is 10.0 Å². The van der Waals surface area contributed by atoms with Crippen molar-refractivity contribution in [3.63, 3.8) is 0 Å². The van der Waals surface area contributed by atoms with Gasteiger partial charge in [0.25, 0.3) is 0 Å². The van der Waals surface area contributed by atoms with E-state index in [1.165, 1.54) is 6.26 Å². The molecule has 1 aliphatic rings. The van der Waals surface area contributed by atoms with Gasteiger partial charge in [-0.3, -0.25) is 0 Å². The highest BCUT2D eigenvalue weighted by Crippen LogP contribution is 2.08. The molecule has 2 N–H and O–H groups in total. The molecular formula is C7H16N2O2S. The van der Waals surface area contributed by atoms with Gasteiger partial charge in [-0.1, -0.05) is 0 Å². The van der Waals surface area contributed by atoms with Gasteiger partial charge >= 0.3 is 0 Å². The van der Waals surface area contributed by atoms with Crippen LogP contribution in [0.25, 0.3) is 0 Å². The average Bonchev–Trinajstić information content (AvgIpc) is 2.02. The van der Waals surface area contributed by atoms with Gasteiger partial charge in [0.15, 0.2) is 0 Å². The van der Waals surface area contributed by atoms with E-state index in [4.69, 9.17) is 0 Å². The molecule has 1 rings (SSSR count). The third kappa shape index (κ3) is 4.04. The molecule has 0 aliphatic carbocycles. The molecule has 4 nitrogen and oxygen atoms in total. The molecule has 12 heavy (non-hydrogen) atoms. The number of hydrogen-bond donors (Lipinski definition) is 2. The van der Waals surface area contributed by atoms with Crippen molar-refractivity contribution in [2.75, 3.05) is 25.9 Å². The molecule has 0 saturated carbocycles. The van der Waals surface area contributed by atoms with E-state index in [-0.39, 0.29) is 0 Å². The Hall–Kier alpha value is -0.130. The first-order valence-corrected chi connectivity index (χ1v) is 6.12. The van der Waals surface area contributed by atoms with Crippen molar-refractivity contribution >= 4 is 10.0 Å². The Balaban J connectivity index is 2.22. The van der Waals surface area contributed by atoms with Gasteiger partial charge in [-0.25, -0.2) is 13.1 Å². The van der Waals surface area contributed by atoms with Crippen LogP contribution >= 0.6 is 0 Å². The minimum absolute atomic E-state index is 0.466. The number of nitrogens with one attached hydrogen (secondary N) is 2. The van der Waals surface area contributed by atoms with Crippen molar-refractivity contribution in [2.45, 2.75) is 12.8 Å². The summed E-state index contributed by atoms with van der Waals surface area (Å²) >= 11 is 0. The SMILES string of the molecule is CS(=O)(=O)NC[C@H]1CCCNC1. The van der Waals surface area contributed by atoms with Crippen molar-refractivity contribution in [3.8, 4) is 0 Å².